The van der Waals surface area contributed by atoms with Crippen molar-refractivity contribution < 1.29 is 4.74 Å². The van der Waals surface area contributed by atoms with E-state index in [-0.39, 0.29) is 6.10 Å². The molecule has 1 rings (SSSR count). The highest BCUT2D eigenvalue weighted by Crippen LogP contribution is 2.19. The second kappa shape index (κ2) is 12.9. The summed E-state index contributed by atoms with van der Waals surface area (Å²) >= 11 is 0. The second-order valence-electron chi connectivity index (χ2n) is 4.47. The lowest BCUT2D eigenvalue weighted by Gasteiger charge is -2.13. The van der Waals surface area contributed by atoms with Crippen molar-refractivity contribution >= 4 is 5.57 Å². The molecule has 0 unspecified atom stereocenters. The molecule has 0 bridgehead atoms. The van der Waals surface area contributed by atoms with Gasteiger partial charge in [-0.25, -0.2) is 0 Å². The van der Waals surface area contributed by atoms with Crippen LogP contribution < -0.4 is 5.73 Å². The number of ether oxygens (including phenoxy) is 1. The van der Waals surface area contributed by atoms with E-state index in [0.717, 1.165) is 12.0 Å². The molecule has 0 fully saturated rings. The summed E-state index contributed by atoms with van der Waals surface area (Å²) in [5.41, 5.74) is 9.45. The molecule has 0 atom stereocenters. The van der Waals surface area contributed by atoms with Crippen molar-refractivity contribution in [3.63, 3.8) is 0 Å². The number of nitrogens with two attached hydrogens (primary N) is 1. The molecule has 2 nitrogen and oxygen atoms in total. The van der Waals surface area contributed by atoms with Gasteiger partial charge < -0.3 is 10.5 Å². The lowest BCUT2D eigenvalue weighted by Crippen LogP contribution is -2.05. The maximum Gasteiger partial charge on any atom is 0.0720 e. The Kier molecular flexibility index (Phi) is 13.7. The Hall–Kier alpha value is -1.12. The van der Waals surface area contributed by atoms with E-state index in [4.69, 9.17) is 4.74 Å². The summed E-state index contributed by atoms with van der Waals surface area (Å²) in [6.07, 6.45) is 1.34. The minimum absolute atomic E-state index is 0.256. The zero-order valence-electron chi connectivity index (χ0n) is 14.4. The highest BCUT2D eigenvalue weighted by molar-refractivity contribution is 5.67. The molecule has 0 spiro atoms. The standard InChI is InChI=1S/C15H22O.C2H6.CH5N/c1-6-14-7-8-15(12(4)9-14)13(5)10-16-11(2)3;2*1-2/h7-9,11H,5-6,10H2,1-4H3;1-2H3;2H2,1H3. The highest BCUT2D eigenvalue weighted by Gasteiger charge is 2.04. The van der Waals surface area contributed by atoms with E-state index in [9.17, 15) is 0 Å². The fourth-order valence-corrected chi connectivity index (χ4v) is 1.69. The predicted molar refractivity (Wildman–Crippen MR) is 92.1 cm³/mol. The van der Waals surface area contributed by atoms with E-state index < -0.39 is 0 Å². The molecular formula is C18H33NO. The van der Waals surface area contributed by atoms with Crippen LogP contribution in [0, 0.1) is 6.92 Å². The van der Waals surface area contributed by atoms with Gasteiger partial charge in [0.25, 0.3) is 0 Å². The minimum Gasteiger partial charge on any atom is -0.374 e. The SMILES string of the molecule is C=C(COC(C)C)c1ccc(CC)cc1C.CC.CN. The van der Waals surface area contributed by atoms with Crippen molar-refractivity contribution in [2.45, 2.75) is 54.1 Å². The monoisotopic (exact) mass is 279 g/mol. The molecule has 1 aromatic rings. The first-order valence-corrected chi connectivity index (χ1v) is 7.51. The van der Waals surface area contributed by atoms with Crippen LogP contribution in [0.5, 0.6) is 0 Å². The van der Waals surface area contributed by atoms with Gasteiger partial charge in [-0.3, -0.25) is 0 Å². The Morgan fingerprint density at radius 2 is 1.80 bits per heavy atom. The number of hydrogen-bond acceptors (Lipinski definition) is 2. The van der Waals surface area contributed by atoms with Crippen molar-refractivity contribution in [3.05, 3.63) is 41.5 Å². The van der Waals surface area contributed by atoms with Gasteiger partial charge in [-0.05, 0) is 56.5 Å². The van der Waals surface area contributed by atoms with Crippen molar-refractivity contribution in [2.75, 3.05) is 13.7 Å². The van der Waals surface area contributed by atoms with Crippen LogP contribution in [0.4, 0.5) is 0 Å². The highest BCUT2D eigenvalue weighted by atomic mass is 16.5. The fourth-order valence-electron chi connectivity index (χ4n) is 1.69. The van der Waals surface area contributed by atoms with Gasteiger partial charge in [-0.15, -0.1) is 0 Å². The summed E-state index contributed by atoms with van der Waals surface area (Å²) in [7, 11) is 1.50. The third-order valence-electron chi connectivity index (χ3n) is 2.67. The van der Waals surface area contributed by atoms with Gasteiger partial charge in [0.05, 0.1) is 12.7 Å². The molecule has 116 valence electrons. The van der Waals surface area contributed by atoms with Crippen molar-refractivity contribution in [3.8, 4) is 0 Å². The summed E-state index contributed by atoms with van der Waals surface area (Å²) in [6, 6.07) is 6.55. The minimum atomic E-state index is 0.256. The summed E-state index contributed by atoms with van der Waals surface area (Å²) < 4.78 is 5.57. The first-order valence-electron chi connectivity index (χ1n) is 7.51. The maximum atomic E-state index is 5.57. The molecule has 0 aliphatic rings. The Labute approximate surface area is 126 Å². The van der Waals surface area contributed by atoms with E-state index in [0.29, 0.717) is 6.61 Å². The Morgan fingerprint density at radius 3 is 2.20 bits per heavy atom. The van der Waals surface area contributed by atoms with E-state index in [1.165, 1.54) is 23.7 Å². The van der Waals surface area contributed by atoms with E-state index in [1.807, 2.05) is 27.7 Å². The van der Waals surface area contributed by atoms with Gasteiger partial charge >= 0.3 is 0 Å². The lowest BCUT2D eigenvalue weighted by molar-refractivity contribution is 0.107. The predicted octanol–water partition coefficient (Wildman–Crippen LogP) is 4.60. The molecule has 2 heteroatoms. The normalized spacial score (nSPS) is 9.25. The summed E-state index contributed by atoms with van der Waals surface area (Å²) in [4.78, 5) is 0. The van der Waals surface area contributed by atoms with Crippen molar-refractivity contribution in [1.29, 1.82) is 0 Å². The molecule has 0 radical (unpaired) electrons. The van der Waals surface area contributed by atoms with Gasteiger partial charge in [0.1, 0.15) is 0 Å². The van der Waals surface area contributed by atoms with Gasteiger partial charge in [0, 0.05) is 0 Å². The average Bonchev–Trinajstić information content (AvgIpc) is 2.48. The van der Waals surface area contributed by atoms with Gasteiger partial charge in [-0.1, -0.05) is 45.5 Å². The van der Waals surface area contributed by atoms with E-state index in [2.05, 4.69) is 44.4 Å². The average molecular weight is 279 g/mol. The molecule has 0 amide bonds. The molecular weight excluding hydrogens is 246 g/mol. The Balaban J connectivity index is 0. The molecule has 0 saturated heterocycles. The molecule has 2 N–H and O–H groups in total. The zero-order chi connectivity index (χ0) is 16.1. The van der Waals surface area contributed by atoms with Gasteiger partial charge in [0.15, 0.2) is 0 Å². The third kappa shape index (κ3) is 8.13. The van der Waals surface area contributed by atoms with Crippen LogP contribution in [-0.2, 0) is 11.2 Å². The van der Waals surface area contributed by atoms with Gasteiger partial charge in [0.2, 0.25) is 0 Å². The van der Waals surface area contributed by atoms with Crippen LogP contribution in [0.25, 0.3) is 5.57 Å². The van der Waals surface area contributed by atoms with Crippen LogP contribution in [0.2, 0.25) is 0 Å². The fraction of sp³-hybridized carbons (Fsp3) is 0.556. The quantitative estimate of drug-likeness (QED) is 0.855. The molecule has 0 saturated carbocycles. The Bertz CT molecular complexity index is 370. The first kappa shape index (κ1) is 21.2. The number of benzene rings is 1. The Morgan fingerprint density at radius 1 is 1.25 bits per heavy atom. The summed E-state index contributed by atoms with van der Waals surface area (Å²) in [6.45, 7) is 17.1. The largest absolute Gasteiger partial charge is 0.374 e. The summed E-state index contributed by atoms with van der Waals surface area (Å²) in [5.74, 6) is 0. The molecule has 0 aliphatic heterocycles. The smallest absolute Gasteiger partial charge is 0.0720 e. The maximum absolute atomic E-state index is 5.57. The van der Waals surface area contributed by atoms with E-state index >= 15 is 0 Å². The topological polar surface area (TPSA) is 35.2 Å². The van der Waals surface area contributed by atoms with Crippen LogP contribution in [0.1, 0.15) is 51.3 Å². The van der Waals surface area contributed by atoms with Crippen LogP contribution >= 0.6 is 0 Å². The summed E-state index contributed by atoms with van der Waals surface area (Å²) in [5, 5.41) is 0. The van der Waals surface area contributed by atoms with Crippen LogP contribution in [0.3, 0.4) is 0 Å². The number of hydrogen-bond donors (Lipinski definition) is 1. The second-order valence-corrected chi connectivity index (χ2v) is 4.47. The molecule has 0 aliphatic carbocycles. The molecule has 0 aromatic heterocycles. The van der Waals surface area contributed by atoms with Crippen LogP contribution in [-0.4, -0.2) is 19.8 Å². The molecule has 1 aromatic carbocycles. The van der Waals surface area contributed by atoms with Crippen molar-refractivity contribution in [2.24, 2.45) is 5.73 Å². The molecule has 0 heterocycles. The lowest BCUT2D eigenvalue weighted by atomic mass is 9.99. The van der Waals surface area contributed by atoms with Crippen LogP contribution in [0.15, 0.2) is 24.8 Å². The first-order chi connectivity index (χ1) is 9.54. The molecule has 20 heavy (non-hydrogen) atoms. The third-order valence-corrected chi connectivity index (χ3v) is 2.67. The van der Waals surface area contributed by atoms with E-state index in [1.54, 1.807) is 0 Å². The number of rotatable bonds is 5. The zero-order valence-corrected chi connectivity index (χ0v) is 14.4. The van der Waals surface area contributed by atoms with Gasteiger partial charge in [-0.2, -0.15) is 0 Å². The number of aryl methyl sites for hydroxylation is 2. The van der Waals surface area contributed by atoms with Crippen molar-refractivity contribution in [1.82, 2.24) is 0 Å².